The molecule has 3 N–H and O–H groups in total. The Morgan fingerprint density at radius 1 is 1.00 bits per heavy atom. The highest BCUT2D eigenvalue weighted by molar-refractivity contribution is 7.92. The van der Waals surface area contributed by atoms with Crippen LogP contribution in [0.15, 0.2) is 36.4 Å². The number of sulfonamides is 1. The molecule has 1 amide bonds. The summed E-state index contributed by atoms with van der Waals surface area (Å²) in [6, 6.07) is 11.2. The summed E-state index contributed by atoms with van der Waals surface area (Å²) in [4.78, 5) is 11.7. The smallest absolute Gasteiger partial charge is 0.229 e. The van der Waals surface area contributed by atoms with Crippen molar-refractivity contribution < 1.29 is 22.7 Å². The Bertz CT molecular complexity index is 1020. The molecule has 3 rings (SSSR count). The van der Waals surface area contributed by atoms with Gasteiger partial charge in [-0.1, -0.05) is 12.1 Å². The first-order chi connectivity index (χ1) is 15.4. The maximum atomic E-state index is 11.7. The summed E-state index contributed by atoms with van der Waals surface area (Å²) in [5.74, 6) is 1.44. The molecular weight excluding hydrogens is 430 g/mol. The van der Waals surface area contributed by atoms with E-state index in [9.17, 15) is 13.2 Å². The number of anilines is 2. The minimum atomic E-state index is -3.24. The van der Waals surface area contributed by atoms with Crippen LogP contribution >= 0.6 is 0 Å². The lowest BCUT2D eigenvalue weighted by Gasteiger charge is -2.22. The molecular formula is C23H31N3O5S. The molecule has 2 aromatic carbocycles. The second-order valence-corrected chi connectivity index (χ2v) is 9.54. The van der Waals surface area contributed by atoms with Crippen LogP contribution in [-0.2, 0) is 27.7 Å². The van der Waals surface area contributed by atoms with Crippen molar-refractivity contribution in [3.05, 3.63) is 47.5 Å². The van der Waals surface area contributed by atoms with Crippen molar-refractivity contribution in [3.63, 3.8) is 0 Å². The predicted octanol–water partition coefficient (Wildman–Crippen LogP) is 2.94. The molecule has 32 heavy (non-hydrogen) atoms. The molecule has 174 valence electrons. The lowest BCUT2D eigenvalue weighted by atomic mass is 10.0. The number of hydrogen-bond donors (Lipinski definition) is 3. The Kier molecular flexibility index (Phi) is 8.35. The topological polar surface area (TPSA) is 106 Å². The summed E-state index contributed by atoms with van der Waals surface area (Å²) in [6.45, 7) is 2.17. The van der Waals surface area contributed by atoms with Gasteiger partial charge in [0.05, 0.1) is 19.1 Å². The Balaban J connectivity index is 1.33. The number of carbonyl (C=O) groups excluding carboxylic acids is 1. The van der Waals surface area contributed by atoms with Crippen LogP contribution in [0.2, 0.25) is 0 Å². The molecule has 0 bridgehead atoms. The number of fused-ring (bicyclic) bond motifs is 1. The van der Waals surface area contributed by atoms with Gasteiger partial charge in [-0.05, 0) is 62.1 Å². The van der Waals surface area contributed by atoms with Crippen LogP contribution < -0.4 is 24.8 Å². The zero-order valence-corrected chi connectivity index (χ0v) is 19.4. The van der Waals surface area contributed by atoms with Crippen LogP contribution in [-0.4, -0.2) is 47.4 Å². The zero-order chi connectivity index (χ0) is 23.0. The maximum Gasteiger partial charge on any atom is 0.229 e. The third-order valence-corrected chi connectivity index (χ3v) is 5.79. The number of amides is 1. The Morgan fingerprint density at radius 3 is 2.47 bits per heavy atom. The standard InChI is InChI=1S/C23H31N3O5S/c1-30-21-12-11-20(19-10-13-22(27)25-23(19)21)31-16-15-24-14-4-3-5-17-6-8-18(9-7-17)26-32(2,28)29/h6-9,11-12,24,26H,3-5,10,13-16H2,1-2H3,(H,25,27). The number of unbranched alkanes of at least 4 members (excludes halogenated alkanes) is 1. The van der Waals surface area contributed by atoms with Crippen LogP contribution in [0, 0.1) is 0 Å². The molecule has 0 unspecified atom stereocenters. The van der Waals surface area contributed by atoms with E-state index in [1.807, 2.05) is 24.3 Å². The number of benzene rings is 2. The fraction of sp³-hybridized carbons (Fsp3) is 0.435. The summed E-state index contributed by atoms with van der Waals surface area (Å²) in [6.07, 6.45) is 5.26. The molecule has 2 aromatic rings. The Morgan fingerprint density at radius 2 is 1.75 bits per heavy atom. The second kappa shape index (κ2) is 11.2. The van der Waals surface area contributed by atoms with Gasteiger partial charge in [-0.2, -0.15) is 0 Å². The van der Waals surface area contributed by atoms with Crippen molar-refractivity contribution in [2.24, 2.45) is 0 Å². The Labute approximate surface area is 189 Å². The van der Waals surface area contributed by atoms with E-state index < -0.39 is 10.0 Å². The van der Waals surface area contributed by atoms with Gasteiger partial charge >= 0.3 is 0 Å². The lowest BCUT2D eigenvalue weighted by molar-refractivity contribution is -0.116. The van der Waals surface area contributed by atoms with Gasteiger partial charge < -0.3 is 20.1 Å². The van der Waals surface area contributed by atoms with E-state index in [0.29, 0.717) is 36.6 Å². The van der Waals surface area contributed by atoms with Gasteiger partial charge in [0, 0.05) is 24.2 Å². The second-order valence-electron chi connectivity index (χ2n) is 7.79. The summed E-state index contributed by atoms with van der Waals surface area (Å²) in [5, 5.41) is 6.27. The Hall–Kier alpha value is -2.78. The molecule has 0 fully saturated rings. The molecule has 1 heterocycles. The SMILES string of the molecule is COc1ccc(OCCNCCCCc2ccc(NS(C)(=O)=O)cc2)c2c1NC(=O)CC2. The van der Waals surface area contributed by atoms with Crippen LogP contribution in [0.3, 0.4) is 0 Å². The molecule has 0 radical (unpaired) electrons. The molecule has 0 aromatic heterocycles. The van der Waals surface area contributed by atoms with Gasteiger partial charge in [-0.3, -0.25) is 9.52 Å². The molecule has 0 atom stereocenters. The van der Waals surface area contributed by atoms with Crippen molar-refractivity contribution in [1.29, 1.82) is 0 Å². The van der Waals surface area contributed by atoms with Crippen molar-refractivity contribution in [3.8, 4) is 11.5 Å². The van der Waals surface area contributed by atoms with Crippen molar-refractivity contribution in [1.82, 2.24) is 5.32 Å². The number of methoxy groups -OCH3 is 1. The van der Waals surface area contributed by atoms with Gasteiger partial charge in [0.25, 0.3) is 0 Å². The highest BCUT2D eigenvalue weighted by Crippen LogP contribution is 2.38. The highest BCUT2D eigenvalue weighted by Gasteiger charge is 2.22. The number of nitrogens with one attached hydrogen (secondary N) is 3. The molecule has 0 saturated carbocycles. The predicted molar refractivity (Wildman–Crippen MR) is 126 cm³/mol. The van der Waals surface area contributed by atoms with E-state index >= 15 is 0 Å². The molecule has 0 spiro atoms. The quantitative estimate of drug-likeness (QED) is 0.420. The van der Waals surface area contributed by atoms with E-state index in [-0.39, 0.29) is 5.91 Å². The van der Waals surface area contributed by atoms with E-state index in [1.165, 1.54) is 5.56 Å². The average molecular weight is 462 g/mol. The molecule has 1 aliphatic rings. The van der Waals surface area contributed by atoms with Crippen molar-refractivity contribution in [2.45, 2.75) is 32.1 Å². The van der Waals surface area contributed by atoms with Crippen LogP contribution in [0.4, 0.5) is 11.4 Å². The van der Waals surface area contributed by atoms with E-state index in [4.69, 9.17) is 9.47 Å². The third kappa shape index (κ3) is 7.13. The number of aryl methyl sites for hydroxylation is 1. The van der Waals surface area contributed by atoms with E-state index in [0.717, 1.165) is 49.9 Å². The fourth-order valence-corrected chi connectivity index (χ4v) is 4.19. The molecule has 9 heteroatoms. The molecule has 0 saturated heterocycles. The summed E-state index contributed by atoms with van der Waals surface area (Å²) in [5.41, 5.74) is 3.47. The third-order valence-electron chi connectivity index (χ3n) is 5.18. The van der Waals surface area contributed by atoms with E-state index in [1.54, 1.807) is 19.2 Å². The zero-order valence-electron chi connectivity index (χ0n) is 18.6. The molecule has 1 aliphatic heterocycles. The van der Waals surface area contributed by atoms with Gasteiger partial charge in [-0.25, -0.2) is 8.42 Å². The number of rotatable bonds is 12. The minimum absolute atomic E-state index is 0.00358. The number of carbonyl (C=O) groups is 1. The van der Waals surface area contributed by atoms with Crippen LogP contribution in [0.1, 0.15) is 30.4 Å². The summed E-state index contributed by atoms with van der Waals surface area (Å²) < 4.78 is 36.2. The number of ether oxygens (including phenoxy) is 2. The average Bonchev–Trinajstić information content (AvgIpc) is 2.75. The van der Waals surface area contributed by atoms with Gasteiger partial charge in [0.2, 0.25) is 15.9 Å². The first-order valence-electron chi connectivity index (χ1n) is 10.8. The largest absolute Gasteiger partial charge is 0.495 e. The monoisotopic (exact) mass is 461 g/mol. The van der Waals surface area contributed by atoms with Crippen molar-refractivity contribution in [2.75, 3.05) is 43.1 Å². The van der Waals surface area contributed by atoms with Gasteiger partial charge in [-0.15, -0.1) is 0 Å². The minimum Gasteiger partial charge on any atom is -0.495 e. The van der Waals surface area contributed by atoms with Crippen LogP contribution in [0.5, 0.6) is 11.5 Å². The first kappa shape index (κ1) is 23.9. The molecule has 0 aliphatic carbocycles. The normalized spacial score (nSPS) is 13.2. The van der Waals surface area contributed by atoms with Crippen molar-refractivity contribution >= 4 is 27.3 Å². The number of hydrogen-bond acceptors (Lipinski definition) is 6. The fourth-order valence-electron chi connectivity index (χ4n) is 3.63. The van der Waals surface area contributed by atoms with Crippen LogP contribution in [0.25, 0.3) is 0 Å². The van der Waals surface area contributed by atoms with Gasteiger partial charge in [0.15, 0.2) is 0 Å². The maximum absolute atomic E-state index is 11.7. The lowest BCUT2D eigenvalue weighted by Crippen LogP contribution is -2.23. The first-order valence-corrected chi connectivity index (χ1v) is 12.6. The van der Waals surface area contributed by atoms with Gasteiger partial charge in [0.1, 0.15) is 18.1 Å². The summed E-state index contributed by atoms with van der Waals surface area (Å²) >= 11 is 0. The molecule has 8 nitrogen and oxygen atoms in total. The summed E-state index contributed by atoms with van der Waals surface area (Å²) in [7, 11) is -1.65. The highest BCUT2D eigenvalue weighted by atomic mass is 32.2. The van der Waals surface area contributed by atoms with E-state index in [2.05, 4.69) is 15.4 Å².